The number of carbonyl (C=O) groups excluding carboxylic acids is 1. The first-order valence-electron chi connectivity index (χ1n) is 4.93. The molecule has 0 unspecified atom stereocenters. The number of hydrogen-bond acceptors (Lipinski definition) is 2. The van der Waals surface area contributed by atoms with Crippen LogP contribution in [0.1, 0.15) is 15.9 Å². The third-order valence-electron chi connectivity index (χ3n) is 2.23. The van der Waals surface area contributed by atoms with Gasteiger partial charge in [-0.15, -0.1) is 0 Å². The Morgan fingerprint density at radius 1 is 1.25 bits per heavy atom. The monoisotopic (exact) mass is 215 g/mol. The number of halogens is 1. The van der Waals surface area contributed by atoms with Crippen molar-refractivity contribution in [3.05, 3.63) is 65.7 Å². The summed E-state index contributed by atoms with van der Waals surface area (Å²) in [7, 11) is 0. The van der Waals surface area contributed by atoms with Crippen molar-refractivity contribution in [2.24, 2.45) is 0 Å². The minimum atomic E-state index is -0.392. The zero-order chi connectivity index (χ0) is 11.4. The lowest BCUT2D eigenvalue weighted by molar-refractivity contribution is 0.0992. The van der Waals surface area contributed by atoms with Gasteiger partial charge in [-0.25, -0.2) is 4.39 Å². The molecule has 16 heavy (non-hydrogen) atoms. The molecule has 2 nitrogen and oxygen atoms in total. The van der Waals surface area contributed by atoms with E-state index in [1.165, 1.54) is 18.2 Å². The first kappa shape index (κ1) is 10.5. The molecule has 0 fully saturated rings. The van der Waals surface area contributed by atoms with E-state index in [2.05, 4.69) is 4.98 Å². The molecule has 1 heterocycles. The van der Waals surface area contributed by atoms with E-state index in [0.29, 0.717) is 5.56 Å². The molecule has 0 amide bonds. The molecular formula is C13H10FNO. The van der Waals surface area contributed by atoms with Gasteiger partial charge in [0.15, 0.2) is 5.78 Å². The van der Waals surface area contributed by atoms with Crippen LogP contribution in [0.2, 0.25) is 0 Å². The molecule has 0 N–H and O–H groups in total. The van der Waals surface area contributed by atoms with Crippen molar-refractivity contribution >= 4 is 5.78 Å². The maximum Gasteiger partial charge on any atom is 0.167 e. The molecule has 2 rings (SSSR count). The lowest BCUT2D eigenvalue weighted by Gasteiger charge is -2.00. The highest BCUT2D eigenvalue weighted by molar-refractivity contribution is 5.97. The molecule has 0 aliphatic heterocycles. The number of nitrogens with zero attached hydrogens (tertiary/aromatic N) is 1. The number of ketones is 1. The number of pyridine rings is 1. The standard InChI is InChI=1S/C13H10FNO/c14-12-5-1-4-11(8-12)13(16)7-10-3-2-6-15-9-10/h1-6,8-9H,7H2. The molecule has 80 valence electrons. The Bertz CT molecular complexity index is 496. The summed E-state index contributed by atoms with van der Waals surface area (Å²) in [6, 6.07) is 9.31. The van der Waals surface area contributed by atoms with Gasteiger partial charge in [0.25, 0.3) is 0 Å². The van der Waals surface area contributed by atoms with Gasteiger partial charge in [0.2, 0.25) is 0 Å². The van der Waals surface area contributed by atoms with E-state index in [1.54, 1.807) is 24.5 Å². The summed E-state index contributed by atoms with van der Waals surface area (Å²) in [6.07, 6.45) is 3.53. The van der Waals surface area contributed by atoms with Crippen molar-refractivity contribution in [3.63, 3.8) is 0 Å². The van der Waals surface area contributed by atoms with Crippen molar-refractivity contribution in [3.8, 4) is 0 Å². The normalized spacial score (nSPS) is 10.1. The minimum absolute atomic E-state index is 0.104. The van der Waals surface area contributed by atoms with Gasteiger partial charge >= 0.3 is 0 Å². The summed E-state index contributed by atoms with van der Waals surface area (Å²) in [5, 5.41) is 0. The highest BCUT2D eigenvalue weighted by Gasteiger charge is 2.07. The molecule has 2 aromatic rings. The van der Waals surface area contributed by atoms with E-state index in [9.17, 15) is 9.18 Å². The summed E-state index contributed by atoms with van der Waals surface area (Å²) in [5.41, 5.74) is 1.22. The molecular weight excluding hydrogens is 205 g/mol. The predicted octanol–water partition coefficient (Wildman–Crippen LogP) is 2.65. The van der Waals surface area contributed by atoms with Crippen molar-refractivity contribution in [1.29, 1.82) is 0 Å². The van der Waals surface area contributed by atoms with Crippen LogP contribution in [0.3, 0.4) is 0 Å². The Hall–Kier alpha value is -2.03. The van der Waals surface area contributed by atoms with Gasteiger partial charge < -0.3 is 0 Å². The number of benzene rings is 1. The Morgan fingerprint density at radius 3 is 2.81 bits per heavy atom. The third-order valence-corrected chi connectivity index (χ3v) is 2.23. The maximum atomic E-state index is 12.9. The average Bonchev–Trinajstić information content (AvgIpc) is 2.30. The second-order valence-corrected chi connectivity index (χ2v) is 3.47. The fourth-order valence-corrected chi connectivity index (χ4v) is 1.45. The summed E-state index contributed by atoms with van der Waals surface area (Å²) < 4.78 is 12.9. The summed E-state index contributed by atoms with van der Waals surface area (Å²) in [4.78, 5) is 15.7. The first-order valence-corrected chi connectivity index (χ1v) is 4.93. The van der Waals surface area contributed by atoms with Crippen LogP contribution < -0.4 is 0 Å². The fourth-order valence-electron chi connectivity index (χ4n) is 1.45. The molecule has 0 radical (unpaired) electrons. The van der Waals surface area contributed by atoms with Gasteiger partial charge in [0.1, 0.15) is 5.82 Å². The van der Waals surface area contributed by atoms with Crippen molar-refractivity contribution in [2.45, 2.75) is 6.42 Å². The molecule has 1 aromatic carbocycles. The quantitative estimate of drug-likeness (QED) is 0.737. The second kappa shape index (κ2) is 4.66. The van der Waals surface area contributed by atoms with E-state index in [-0.39, 0.29) is 12.2 Å². The zero-order valence-electron chi connectivity index (χ0n) is 8.56. The first-order chi connectivity index (χ1) is 7.75. The average molecular weight is 215 g/mol. The van der Waals surface area contributed by atoms with Crippen LogP contribution in [-0.2, 0) is 6.42 Å². The van der Waals surface area contributed by atoms with Crippen molar-refractivity contribution < 1.29 is 9.18 Å². The smallest absolute Gasteiger partial charge is 0.167 e. The van der Waals surface area contributed by atoms with Crippen LogP contribution in [0.5, 0.6) is 0 Å². The number of aromatic nitrogens is 1. The number of Topliss-reactive ketones (excluding diaryl/α,β-unsaturated/α-hetero) is 1. The highest BCUT2D eigenvalue weighted by Crippen LogP contribution is 2.08. The van der Waals surface area contributed by atoms with E-state index in [4.69, 9.17) is 0 Å². The van der Waals surface area contributed by atoms with E-state index < -0.39 is 5.82 Å². The molecule has 1 aromatic heterocycles. The SMILES string of the molecule is O=C(Cc1cccnc1)c1cccc(F)c1. The van der Waals surface area contributed by atoms with Gasteiger partial charge in [-0.2, -0.15) is 0 Å². The Balaban J connectivity index is 2.15. The van der Waals surface area contributed by atoms with Crippen LogP contribution in [-0.4, -0.2) is 10.8 Å². The molecule has 0 bridgehead atoms. The van der Waals surface area contributed by atoms with Crippen LogP contribution >= 0.6 is 0 Å². The van der Waals surface area contributed by atoms with Crippen LogP contribution in [0.4, 0.5) is 4.39 Å². The number of carbonyl (C=O) groups is 1. The lowest BCUT2D eigenvalue weighted by atomic mass is 10.0. The fraction of sp³-hybridized carbons (Fsp3) is 0.0769. The molecule has 0 saturated heterocycles. The topological polar surface area (TPSA) is 30.0 Å². The molecule has 0 saturated carbocycles. The molecule has 3 heteroatoms. The van der Waals surface area contributed by atoms with Crippen molar-refractivity contribution in [1.82, 2.24) is 4.98 Å². The Kier molecular flexibility index (Phi) is 3.05. The van der Waals surface area contributed by atoms with Gasteiger partial charge in [0.05, 0.1) is 0 Å². The van der Waals surface area contributed by atoms with E-state index >= 15 is 0 Å². The lowest BCUT2D eigenvalue weighted by Crippen LogP contribution is -2.03. The minimum Gasteiger partial charge on any atom is -0.294 e. The molecule has 0 spiro atoms. The molecule has 0 atom stereocenters. The summed E-state index contributed by atoms with van der Waals surface area (Å²) in [6.45, 7) is 0. The second-order valence-electron chi connectivity index (χ2n) is 3.47. The molecule has 0 aliphatic rings. The van der Waals surface area contributed by atoms with Gasteiger partial charge in [-0.05, 0) is 23.8 Å². The van der Waals surface area contributed by atoms with Crippen molar-refractivity contribution in [2.75, 3.05) is 0 Å². The predicted molar refractivity (Wildman–Crippen MR) is 58.7 cm³/mol. The van der Waals surface area contributed by atoms with Gasteiger partial charge in [-0.3, -0.25) is 9.78 Å². The Labute approximate surface area is 92.8 Å². The number of rotatable bonds is 3. The zero-order valence-corrected chi connectivity index (χ0v) is 8.56. The largest absolute Gasteiger partial charge is 0.294 e. The van der Waals surface area contributed by atoms with Gasteiger partial charge in [-0.1, -0.05) is 18.2 Å². The summed E-state index contributed by atoms with van der Waals surface area (Å²) >= 11 is 0. The maximum absolute atomic E-state index is 12.9. The van der Waals surface area contributed by atoms with E-state index in [1.807, 2.05) is 6.07 Å². The van der Waals surface area contributed by atoms with Gasteiger partial charge in [0, 0.05) is 24.4 Å². The van der Waals surface area contributed by atoms with Crippen LogP contribution in [0.25, 0.3) is 0 Å². The van der Waals surface area contributed by atoms with Crippen LogP contribution in [0, 0.1) is 5.82 Å². The number of hydrogen-bond donors (Lipinski definition) is 0. The highest BCUT2D eigenvalue weighted by atomic mass is 19.1. The Morgan fingerprint density at radius 2 is 2.12 bits per heavy atom. The third kappa shape index (κ3) is 2.51. The van der Waals surface area contributed by atoms with Crippen LogP contribution in [0.15, 0.2) is 48.8 Å². The molecule has 0 aliphatic carbocycles. The summed E-state index contributed by atoms with van der Waals surface area (Å²) in [5.74, 6) is -0.496. The van der Waals surface area contributed by atoms with E-state index in [0.717, 1.165) is 5.56 Å².